The number of benzene rings is 1. The van der Waals surface area contributed by atoms with Crippen molar-refractivity contribution < 1.29 is 14.3 Å². The van der Waals surface area contributed by atoms with E-state index in [0.717, 1.165) is 16.8 Å². The molecule has 0 aliphatic heterocycles. The van der Waals surface area contributed by atoms with Gasteiger partial charge in [0, 0.05) is 10.9 Å². The third-order valence-electron chi connectivity index (χ3n) is 2.38. The van der Waals surface area contributed by atoms with Crippen LogP contribution in [0.3, 0.4) is 0 Å². The fraction of sp³-hybridized carbons (Fsp3) is 0.167. The fourth-order valence-electron chi connectivity index (χ4n) is 1.46. The minimum Gasteiger partial charge on any atom is -0.484 e. The number of aromatic nitrogens is 1. The molecule has 19 heavy (non-hydrogen) atoms. The summed E-state index contributed by atoms with van der Waals surface area (Å²) < 4.78 is 19.1. The Hall–Kier alpha value is -2.15. The molecule has 0 unspecified atom stereocenters. The topological polar surface area (TPSA) is 80.7 Å². The molecule has 7 heteroatoms. The van der Waals surface area contributed by atoms with Crippen LogP contribution >= 0.6 is 11.3 Å². The van der Waals surface area contributed by atoms with Crippen molar-refractivity contribution >= 4 is 17.2 Å². The summed E-state index contributed by atoms with van der Waals surface area (Å²) in [5.74, 6) is -0.628. The van der Waals surface area contributed by atoms with E-state index >= 15 is 0 Å². The first-order chi connectivity index (χ1) is 9.10. The standard InChI is InChI=1S/C12H12FN3O2S/c1-7-15-9(6-19-7)5-18-11-3-2-8(4-10(11)13)12(14)16-17/h2-4,6,17H,5H2,1H3,(H2,14,16). The minimum atomic E-state index is -0.573. The molecule has 1 heterocycles. The van der Waals surface area contributed by atoms with Gasteiger partial charge in [-0.3, -0.25) is 0 Å². The first-order valence-electron chi connectivity index (χ1n) is 5.41. The van der Waals surface area contributed by atoms with E-state index in [9.17, 15) is 4.39 Å². The van der Waals surface area contributed by atoms with E-state index in [-0.39, 0.29) is 23.8 Å². The quantitative estimate of drug-likeness (QED) is 0.390. The van der Waals surface area contributed by atoms with Crippen molar-refractivity contribution in [2.75, 3.05) is 0 Å². The van der Waals surface area contributed by atoms with E-state index in [2.05, 4.69) is 10.1 Å². The van der Waals surface area contributed by atoms with Crippen LogP contribution in [0.5, 0.6) is 5.75 Å². The van der Waals surface area contributed by atoms with Gasteiger partial charge in [0.15, 0.2) is 17.4 Å². The van der Waals surface area contributed by atoms with E-state index in [1.54, 1.807) is 0 Å². The van der Waals surface area contributed by atoms with Gasteiger partial charge in [0.1, 0.15) is 6.61 Å². The molecular formula is C12H12FN3O2S. The van der Waals surface area contributed by atoms with Crippen LogP contribution in [-0.2, 0) is 6.61 Å². The largest absolute Gasteiger partial charge is 0.484 e. The predicted molar refractivity (Wildman–Crippen MR) is 70.1 cm³/mol. The summed E-state index contributed by atoms with van der Waals surface area (Å²) >= 11 is 1.51. The average Bonchev–Trinajstić information content (AvgIpc) is 2.82. The second-order valence-corrected chi connectivity index (χ2v) is 4.84. The number of ether oxygens (including phenoxy) is 1. The van der Waals surface area contributed by atoms with Gasteiger partial charge in [-0.1, -0.05) is 5.16 Å². The lowest BCUT2D eigenvalue weighted by molar-refractivity contribution is 0.286. The van der Waals surface area contributed by atoms with Crippen LogP contribution in [0.1, 0.15) is 16.3 Å². The minimum absolute atomic E-state index is 0.0974. The third kappa shape index (κ3) is 3.19. The Bertz CT molecular complexity index is 613. The Kier molecular flexibility index (Phi) is 3.96. The molecule has 2 aromatic rings. The first kappa shape index (κ1) is 13.3. The zero-order valence-corrected chi connectivity index (χ0v) is 10.9. The maximum Gasteiger partial charge on any atom is 0.170 e. The highest BCUT2D eigenvalue weighted by molar-refractivity contribution is 7.09. The molecule has 1 aromatic carbocycles. The Morgan fingerprint density at radius 2 is 2.37 bits per heavy atom. The van der Waals surface area contributed by atoms with Crippen LogP contribution < -0.4 is 10.5 Å². The Morgan fingerprint density at radius 3 is 2.95 bits per heavy atom. The normalized spacial score (nSPS) is 11.6. The van der Waals surface area contributed by atoms with Gasteiger partial charge >= 0.3 is 0 Å². The molecule has 0 spiro atoms. The third-order valence-corrected chi connectivity index (χ3v) is 3.20. The average molecular weight is 281 g/mol. The number of halogens is 1. The summed E-state index contributed by atoms with van der Waals surface area (Å²) in [6.07, 6.45) is 0. The number of rotatable bonds is 4. The summed E-state index contributed by atoms with van der Waals surface area (Å²) in [6, 6.07) is 4.10. The number of nitrogens with two attached hydrogens (primary N) is 1. The summed E-state index contributed by atoms with van der Waals surface area (Å²) in [4.78, 5) is 4.21. The van der Waals surface area contributed by atoms with E-state index in [0.29, 0.717) is 0 Å². The van der Waals surface area contributed by atoms with E-state index in [1.165, 1.54) is 23.5 Å². The number of hydrogen-bond acceptors (Lipinski definition) is 5. The van der Waals surface area contributed by atoms with Crippen LogP contribution in [0.4, 0.5) is 4.39 Å². The fourth-order valence-corrected chi connectivity index (χ4v) is 2.06. The van der Waals surface area contributed by atoms with Crippen LogP contribution in [0.25, 0.3) is 0 Å². The number of nitrogens with zero attached hydrogens (tertiary/aromatic N) is 2. The Morgan fingerprint density at radius 1 is 1.58 bits per heavy atom. The van der Waals surface area contributed by atoms with E-state index < -0.39 is 5.82 Å². The molecule has 3 N–H and O–H groups in total. The molecular weight excluding hydrogens is 269 g/mol. The smallest absolute Gasteiger partial charge is 0.170 e. The molecule has 2 rings (SSSR count). The van der Waals surface area contributed by atoms with Crippen molar-refractivity contribution in [1.82, 2.24) is 4.98 Å². The van der Waals surface area contributed by atoms with Gasteiger partial charge in [0.25, 0.3) is 0 Å². The molecule has 0 aliphatic carbocycles. The lowest BCUT2D eigenvalue weighted by atomic mass is 10.2. The van der Waals surface area contributed by atoms with Crippen molar-refractivity contribution in [2.24, 2.45) is 10.9 Å². The number of hydrogen-bond donors (Lipinski definition) is 2. The van der Waals surface area contributed by atoms with E-state index in [4.69, 9.17) is 15.7 Å². The molecule has 0 saturated heterocycles. The molecule has 0 atom stereocenters. The number of oxime groups is 1. The maximum atomic E-state index is 13.7. The van der Waals surface area contributed by atoms with Gasteiger partial charge in [-0.15, -0.1) is 11.3 Å². The highest BCUT2D eigenvalue weighted by Crippen LogP contribution is 2.20. The molecule has 100 valence electrons. The molecule has 0 amide bonds. The Balaban J connectivity index is 2.09. The molecule has 0 radical (unpaired) electrons. The summed E-state index contributed by atoms with van der Waals surface area (Å²) in [5, 5.41) is 14.1. The van der Waals surface area contributed by atoms with Gasteiger partial charge in [-0.2, -0.15) is 0 Å². The van der Waals surface area contributed by atoms with Crippen LogP contribution in [0, 0.1) is 12.7 Å². The maximum absolute atomic E-state index is 13.7. The highest BCUT2D eigenvalue weighted by atomic mass is 32.1. The highest BCUT2D eigenvalue weighted by Gasteiger charge is 2.08. The van der Waals surface area contributed by atoms with Crippen molar-refractivity contribution in [3.8, 4) is 5.75 Å². The molecule has 1 aromatic heterocycles. The first-order valence-corrected chi connectivity index (χ1v) is 6.29. The van der Waals surface area contributed by atoms with Gasteiger partial charge in [-0.05, 0) is 25.1 Å². The lowest BCUT2D eigenvalue weighted by Crippen LogP contribution is -2.13. The van der Waals surface area contributed by atoms with Gasteiger partial charge in [0.2, 0.25) is 0 Å². The summed E-state index contributed by atoms with van der Waals surface area (Å²) in [6.45, 7) is 2.09. The number of amidine groups is 1. The Labute approximate surface area is 113 Å². The van der Waals surface area contributed by atoms with Crippen molar-refractivity contribution in [3.63, 3.8) is 0 Å². The van der Waals surface area contributed by atoms with Crippen LogP contribution in [-0.4, -0.2) is 16.0 Å². The van der Waals surface area contributed by atoms with Crippen molar-refractivity contribution in [3.05, 3.63) is 45.7 Å². The SMILES string of the molecule is Cc1nc(COc2ccc(/C(N)=N/O)cc2F)cs1. The van der Waals surface area contributed by atoms with Gasteiger partial charge in [-0.25, -0.2) is 9.37 Å². The summed E-state index contributed by atoms with van der Waals surface area (Å²) in [5.41, 5.74) is 6.41. The zero-order chi connectivity index (χ0) is 13.8. The second-order valence-electron chi connectivity index (χ2n) is 3.78. The van der Waals surface area contributed by atoms with E-state index in [1.807, 2.05) is 12.3 Å². The summed E-state index contributed by atoms with van der Waals surface area (Å²) in [7, 11) is 0. The van der Waals surface area contributed by atoms with Gasteiger partial charge < -0.3 is 15.7 Å². The number of thiazole rings is 1. The van der Waals surface area contributed by atoms with Crippen molar-refractivity contribution in [2.45, 2.75) is 13.5 Å². The molecule has 0 bridgehead atoms. The van der Waals surface area contributed by atoms with Gasteiger partial charge in [0.05, 0.1) is 10.7 Å². The van der Waals surface area contributed by atoms with Crippen molar-refractivity contribution in [1.29, 1.82) is 0 Å². The number of aryl methyl sites for hydroxylation is 1. The van der Waals surface area contributed by atoms with Crippen LogP contribution in [0.15, 0.2) is 28.7 Å². The predicted octanol–water partition coefficient (Wildman–Crippen LogP) is 2.26. The zero-order valence-electron chi connectivity index (χ0n) is 10.1. The second kappa shape index (κ2) is 5.66. The monoisotopic (exact) mass is 281 g/mol. The molecule has 0 fully saturated rings. The molecule has 5 nitrogen and oxygen atoms in total. The molecule has 0 aliphatic rings. The lowest BCUT2D eigenvalue weighted by Gasteiger charge is -2.07. The van der Waals surface area contributed by atoms with Crippen LogP contribution in [0.2, 0.25) is 0 Å². The molecule has 0 saturated carbocycles.